The van der Waals surface area contributed by atoms with E-state index in [-0.39, 0.29) is 11.5 Å². The van der Waals surface area contributed by atoms with Gasteiger partial charge in [-0.3, -0.25) is 9.59 Å². The first-order chi connectivity index (χ1) is 10.3. The van der Waals surface area contributed by atoms with Crippen molar-refractivity contribution in [2.75, 3.05) is 0 Å². The lowest BCUT2D eigenvalue weighted by atomic mass is 10.0. The lowest BCUT2D eigenvalue weighted by Gasteiger charge is -2.18. The molecule has 0 saturated carbocycles. The first-order valence-corrected chi connectivity index (χ1v) is 7.45. The maximum atomic E-state index is 12.4. The van der Waals surface area contributed by atoms with Gasteiger partial charge in [-0.05, 0) is 27.9 Å². The number of carboxylic acids is 1. The van der Waals surface area contributed by atoms with Crippen LogP contribution in [0.15, 0.2) is 33.5 Å². The van der Waals surface area contributed by atoms with Gasteiger partial charge >= 0.3 is 5.97 Å². The van der Waals surface area contributed by atoms with Gasteiger partial charge in [0.2, 0.25) is 5.56 Å². The maximum absolute atomic E-state index is 12.4. The molecule has 0 spiro atoms. The second-order valence-electron chi connectivity index (χ2n) is 5.24. The highest BCUT2D eigenvalue weighted by molar-refractivity contribution is 9.10. The third kappa shape index (κ3) is 3.19. The van der Waals surface area contributed by atoms with Crippen LogP contribution in [0.5, 0.6) is 0 Å². The monoisotopic (exact) mass is 366 g/mol. The average Bonchev–Trinajstić information content (AvgIpc) is 2.44. The minimum absolute atomic E-state index is 0.145. The van der Waals surface area contributed by atoms with Gasteiger partial charge in [-0.1, -0.05) is 26.0 Å². The van der Waals surface area contributed by atoms with Crippen LogP contribution in [0, 0.1) is 5.92 Å². The zero-order valence-electron chi connectivity index (χ0n) is 12.0. The van der Waals surface area contributed by atoms with E-state index in [4.69, 9.17) is 5.11 Å². The molecule has 0 radical (unpaired) electrons. The lowest BCUT2D eigenvalue weighted by Crippen LogP contribution is -2.44. The van der Waals surface area contributed by atoms with Gasteiger partial charge in [0, 0.05) is 15.9 Å². The van der Waals surface area contributed by atoms with Crippen molar-refractivity contribution in [2.45, 2.75) is 19.9 Å². The highest BCUT2D eigenvalue weighted by Gasteiger charge is 2.25. The van der Waals surface area contributed by atoms with Crippen LogP contribution >= 0.6 is 15.9 Å². The van der Waals surface area contributed by atoms with Gasteiger partial charge in [0.25, 0.3) is 5.91 Å². The molecule has 116 valence electrons. The number of aliphatic carboxylic acids is 1. The average molecular weight is 367 g/mol. The van der Waals surface area contributed by atoms with E-state index in [0.717, 1.165) is 0 Å². The van der Waals surface area contributed by atoms with Crippen LogP contribution in [0.3, 0.4) is 0 Å². The predicted octanol–water partition coefficient (Wildman–Crippen LogP) is 2.13. The van der Waals surface area contributed by atoms with E-state index in [1.807, 2.05) is 0 Å². The van der Waals surface area contributed by atoms with Crippen LogP contribution in [-0.2, 0) is 4.79 Å². The number of aromatic nitrogens is 1. The predicted molar refractivity (Wildman–Crippen MR) is 86.0 cm³/mol. The number of amides is 1. The fourth-order valence-electron chi connectivity index (χ4n) is 2.16. The van der Waals surface area contributed by atoms with E-state index in [0.29, 0.717) is 15.4 Å². The molecule has 0 aliphatic carbocycles. The molecule has 1 aromatic heterocycles. The van der Waals surface area contributed by atoms with E-state index in [9.17, 15) is 14.4 Å². The first-order valence-electron chi connectivity index (χ1n) is 6.66. The second-order valence-corrected chi connectivity index (χ2v) is 6.10. The van der Waals surface area contributed by atoms with Gasteiger partial charge in [-0.15, -0.1) is 0 Å². The fraction of sp³-hybridized carbons (Fsp3) is 0.267. The summed E-state index contributed by atoms with van der Waals surface area (Å²) in [7, 11) is 0. The minimum atomic E-state index is -1.11. The molecule has 1 atom stereocenters. The summed E-state index contributed by atoms with van der Waals surface area (Å²) in [4.78, 5) is 38.0. The number of halogens is 1. The van der Waals surface area contributed by atoms with Crippen molar-refractivity contribution in [1.29, 1.82) is 0 Å². The number of carboxylic acid groups (broad SMARTS) is 1. The van der Waals surface area contributed by atoms with Crippen molar-refractivity contribution in [1.82, 2.24) is 10.3 Å². The third-order valence-electron chi connectivity index (χ3n) is 3.29. The molecule has 7 heteroatoms. The van der Waals surface area contributed by atoms with Gasteiger partial charge in [0.1, 0.15) is 6.04 Å². The Labute approximate surface area is 134 Å². The Morgan fingerprint density at radius 2 is 2.00 bits per heavy atom. The highest BCUT2D eigenvalue weighted by Crippen LogP contribution is 2.23. The highest BCUT2D eigenvalue weighted by atomic mass is 79.9. The quantitative estimate of drug-likeness (QED) is 0.771. The van der Waals surface area contributed by atoms with E-state index in [2.05, 4.69) is 26.2 Å². The smallest absolute Gasteiger partial charge is 0.326 e. The molecule has 0 aliphatic rings. The number of benzene rings is 1. The number of fused-ring (bicyclic) bond motifs is 1. The van der Waals surface area contributed by atoms with E-state index >= 15 is 0 Å². The van der Waals surface area contributed by atoms with Crippen LogP contribution in [0.1, 0.15) is 24.2 Å². The Kier molecular flexibility index (Phi) is 4.65. The Hall–Kier alpha value is -2.15. The van der Waals surface area contributed by atoms with Gasteiger partial charge < -0.3 is 15.4 Å². The molecule has 2 rings (SSSR count). The Bertz CT molecular complexity index is 798. The van der Waals surface area contributed by atoms with Crippen molar-refractivity contribution in [3.8, 4) is 0 Å². The molecular formula is C15H15BrN2O4. The van der Waals surface area contributed by atoms with Crippen LogP contribution in [0.4, 0.5) is 0 Å². The van der Waals surface area contributed by atoms with Gasteiger partial charge in [-0.2, -0.15) is 0 Å². The summed E-state index contributed by atoms with van der Waals surface area (Å²) in [5, 5.41) is 12.2. The third-order valence-corrected chi connectivity index (χ3v) is 3.95. The number of nitrogens with one attached hydrogen (secondary N) is 2. The van der Waals surface area contributed by atoms with Crippen LogP contribution < -0.4 is 10.9 Å². The maximum Gasteiger partial charge on any atom is 0.326 e. The van der Waals surface area contributed by atoms with E-state index in [1.54, 1.807) is 32.0 Å². The summed E-state index contributed by atoms with van der Waals surface area (Å²) >= 11 is 3.32. The zero-order chi connectivity index (χ0) is 16.4. The van der Waals surface area contributed by atoms with Gasteiger partial charge in [0.05, 0.1) is 11.1 Å². The van der Waals surface area contributed by atoms with Crippen molar-refractivity contribution in [3.05, 3.63) is 44.7 Å². The molecule has 0 saturated heterocycles. The van der Waals surface area contributed by atoms with Gasteiger partial charge in [-0.25, -0.2) is 4.79 Å². The topological polar surface area (TPSA) is 99.3 Å². The summed E-state index contributed by atoms with van der Waals surface area (Å²) in [6.07, 6.45) is 0. The molecule has 2 aromatic rings. The summed E-state index contributed by atoms with van der Waals surface area (Å²) in [6, 6.07) is 5.32. The van der Waals surface area contributed by atoms with Gasteiger partial charge in [0.15, 0.2) is 0 Å². The van der Waals surface area contributed by atoms with Crippen molar-refractivity contribution in [2.24, 2.45) is 5.92 Å². The molecule has 3 N–H and O–H groups in total. The number of pyridine rings is 1. The molecule has 22 heavy (non-hydrogen) atoms. The second kappa shape index (κ2) is 6.31. The molecule has 1 heterocycles. The first kappa shape index (κ1) is 16.2. The van der Waals surface area contributed by atoms with E-state index in [1.165, 1.54) is 6.07 Å². The molecule has 6 nitrogen and oxygen atoms in total. The Morgan fingerprint density at radius 3 is 2.59 bits per heavy atom. The number of rotatable bonds is 4. The number of carbonyl (C=O) groups is 2. The van der Waals surface area contributed by atoms with Crippen molar-refractivity contribution < 1.29 is 14.7 Å². The van der Waals surface area contributed by atoms with Crippen LogP contribution in [0.25, 0.3) is 10.9 Å². The Morgan fingerprint density at radius 1 is 1.32 bits per heavy atom. The molecule has 0 unspecified atom stereocenters. The Balaban J connectivity index is 2.50. The lowest BCUT2D eigenvalue weighted by molar-refractivity contribution is -0.140. The largest absolute Gasteiger partial charge is 0.480 e. The summed E-state index contributed by atoms with van der Waals surface area (Å²) in [5.74, 6) is -1.98. The number of carbonyl (C=O) groups excluding carboxylic acids is 1. The summed E-state index contributed by atoms with van der Waals surface area (Å²) < 4.78 is 0.649. The molecule has 1 amide bonds. The summed E-state index contributed by atoms with van der Waals surface area (Å²) in [5.41, 5.74) is 0.212. The van der Waals surface area contributed by atoms with Crippen LogP contribution in [-0.4, -0.2) is 28.0 Å². The zero-order valence-corrected chi connectivity index (χ0v) is 13.6. The minimum Gasteiger partial charge on any atom is -0.480 e. The molecule has 1 aromatic carbocycles. The van der Waals surface area contributed by atoms with Crippen molar-refractivity contribution in [3.63, 3.8) is 0 Å². The number of H-pyrrole nitrogens is 1. The standard InChI is InChI=1S/C15H15BrN2O4/c1-7(2)12(15(21)22)18-14(20)9-6-11(19)17-13-8(9)4-3-5-10(13)16/h3-7,12H,1-2H3,(H,17,19)(H,18,20)(H,21,22)/t12-/m1/s1. The molecule has 0 aliphatic heterocycles. The summed E-state index contributed by atoms with van der Waals surface area (Å²) in [6.45, 7) is 3.40. The van der Waals surface area contributed by atoms with E-state index < -0.39 is 23.5 Å². The number of hydrogen-bond acceptors (Lipinski definition) is 3. The number of hydrogen-bond donors (Lipinski definition) is 3. The fourth-order valence-corrected chi connectivity index (χ4v) is 2.63. The number of para-hydroxylation sites is 1. The van der Waals surface area contributed by atoms with Crippen molar-refractivity contribution >= 4 is 38.7 Å². The molecular weight excluding hydrogens is 352 g/mol. The number of aromatic amines is 1. The molecule has 0 fully saturated rings. The molecule has 0 bridgehead atoms. The van der Waals surface area contributed by atoms with Crippen LogP contribution in [0.2, 0.25) is 0 Å². The normalized spacial score (nSPS) is 12.4. The SMILES string of the molecule is CC(C)[C@@H](NC(=O)c1cc(=O)[nH]c2c(Br)cccc12)C(=O)O.